The first-order valence-corrected chi connectivity index (χ1v) is 11.4. The quantitative estimate of drug-likeness (QED) is 0.636. The van der Waals surface area contributed by atoms with Crippen molar-refractivity contribution in [3.8, 4) is 0 Å². The molecule has 0 aromatic carbocycles. The monoisotopic (exact) mass is 390 g/mol. The van der Waals surface area contributed by atoms with Crippen LogP contribution in [0, 0.1) is 5.92 Å². The number of piperidine rings is 1. The molecule has 0 unspecified atom stereocenters. The molecule has 0 spiro atoms. The summed E-state index contributed by atoms with van der Waals surface area (Å²) in [5, 5.41) is 0. The van der Waals surface area contributed by atoms with Gasteiger partial charge in [0.2, 0.25) is 0 Å². The fourth-order valence-electron chi connectivity index (χ4n) is 5.36. The molecule has 2 aliphatic heterocycles. The first-order valence-electron chi connectivity index (χ1n) is 11.4. The Kier molecular flexibility index (Phi) is 7.46. The Balaban J connectivity index is 1.30. The number of ether oxygens (including phenoxy) is 2. The van der Waals surface area contributed by atoms with Crippen LogP contribution >= 0.6 is 0 Å². The zero-order valence-electron chi connectivity index (χ0n) is 17.6. The standard InChI is InChI=1S/C23H38N2O3/c1-26-18-23-9-8-22(28-23)17-24(16-21-7-4-14-27-21)15-19-10-12-25(13-11-19)20-5-2-3-6-20/h8-9,19-21H,2-7,10-18H2,1H3/t21-/m1/s1. The average molecular weight is 391 g/mol. The number of nitrogens with zero attached hydrogens (tertiary/aromatic N) is 2. The normalized spacial score (nSPS) is 25.3. The lowest BCUT2D eigenvalue weighted by atomic mass is 9.94. The molecular formula is C23H38N2O3. The molecule has 2 saturated heterocycles. The molecule has 0 N–H and O–H groups in total. The Hall–Kier alpha value is -0.880. The van der Waals surface area contributed by atoms with Gasteiger partial charge in [0, 0.05) is 32.8 Å². The third kappa shape index (κ3) is 5.59. The van der Waals surface area contributed by atoms with E-state index in [0.29, 0.717) is 12.7 Å². The van der Waals surface area contributed by atoms with Crippen LogP contribution in [0.2, 0.25) is 0 Å². The van der Waals surface area contributed by atoms with Crippen LogP contribution in [-0.4, -0.2) is 61.8 Å². The minimum atomic E-state index is 0.395. The highest BCUT2D eigenvalue weighted by Crippen LogP contribution is 2.29. The molecule has 158 valence electrons. The fraction of sp³-hybridized carbons (Fsp3) is 0.826. The predicted octanol–water partition coefficient (Wildman–Crippen LogP) is 4.06. The summed E-state index contributed by atoms with van der Waals surface area (Å²) in [6.07, 6.45) is 11.2. The van der Waals surface area contributed by atoms with Gasteiger partial charge in [-0.25, -0.2) is 0 Å². The maximum Gasteiger partial charge on any atom is 0.129 e. The van der Waals surface area contributed by atoms with Crippen LogP contribution in [0.4, 0.5) is 0 Å². The van der Waals surface area contributed by atoms with Crippen molar-refractivity contribution in [2.24, 2.45) is 5.92 Å². The molecule has 0 amide bonds. The highest BCUT2D eigenvalue weighted by atomic mass is 16.5. The van der Waals surface area contributed by atoms with Crippen molar-refractivity contribution in [3.05, 3.63) is 23.7 Å². The third-order valence-electron chi connectivity index (χ3n) is 6.88. The van der Waals surface area contributed by atoms with Crippen LogP contribution in [0.25, 0.3) is 0 Å². The maximum atomic E-state index is 5.98. The van der Waals surface area contributed by atoms with Crippen molar-refractivity contribution in [2.45, 2.75) is 76.7 Å². The molecule has 4 rings (SSSR count). The average Bonchev–Trinajstić information content (AvgIpc) is 3.46. The van der Waals surface area contributed by atoms with E-state index in [1.165, 1.54) is 71.0 Å². The van der Waals surface area contributed by atoms with E-state index >= 15 is 0 Å². The van der Waals surface area contributed by atoms with Gasteiger partial charge in [-0.1, -0.05) is 12.8 Å². The maximum absolute atomic E-state index is 5.98. The second-order valence-electron chi connectivity index (χ2n) is 9.05. The molecule has 28 heavy (non-hydrogen) atoms. The molecule has 5 nitrogen and oxygen atoms in total. The molecule has 1 saturated carbocycles. The van der Waals surface area contributed by atoms with Crippen LogP contribution in [0.3, 0.4) is 0 Å². The van der Waals surface area contributed by atoms with E-state index in [0.717, 1.165) is 43.2 Å². The number of rotatable bonds is 9. The van der Waals surface area contributed by atoms with Crippen molar-refractivity contribution in [1.82, 2.24) is 9.80 Å². The molecule has 0 bridgehead atoms. The summed E-state index contributed by atoms with van der Waals surface area (Å²) < 4.78 is 17.1. The molecule has 1 aromatic rings. The van der Waals surface area contributed by atoms with Crippen LogP contribution < -0.4 is 0 Å². The summed E-state index contributed by atoms with van der Waals surface area (Å²) in [7, 11) is 1.71. The Morgan fingerprint density at radius 3 is 2.50 bits per heavy atom. The Morgan fingerprint density at radius 2 is 1.79 bits per heavy atom. The second-order valence-corrected chi connectivity index (χ2v) is 9.05. The minimum Gasteiger partial charge on any atom is -0.462 e. The van der Waals surface area contributed by atoms with Gasteiger partial charge in [0.25, 0.3) is 0 Å². The fourth-order valence-corrected chi connectivity index (χ4v) is 5.36. The Bertz CT molecular complexity index is 570. The lowest BCUT2D eigenvalue weighted by Crippen LogP contribution is -2.43. The third-order valence-corrected chi connectivity index (χ3v) is 6.88. The van der Waals surface area contributed by atoms with Gasteiger partial charge in [-0.05, 0) is 69.7 Å². The number of hydrogen-bond donors (Lipinski definition) is 0. The van der Waals surface area contributed by atoms with Crippen LogP contribution in [0.5, 0.6) is 0 Å². The smallest absolute Gasteiger partial charge is 0.129 e. The van der Waals surface area contributed by atoms with E-state index < -0.39 is 0 Å². The molecule has 5 heteroatoms. The SMILES string of the molecule is COCc1ccc(CN(CC2CCN(C3CCCC3)CC2)C[C@H]2CCCO2)o1. The van der Waals surface area contributed by atoms with Gasteiger partial charge in [-0.3, -0.25) is 4.90 Å². The Labute approximate surface area is 170 Å². The van der Waals surface area contributed by atoms with Crippen molar-refractivity contribution >= 4 is 0 Å². The van der Waals surface area contributed by atoms with Gasteiger partial charge < -0.3 is 18.8 Å². The summed E-state index contributed by atoms with van der Waals surface area (Å²) in [4.78, 5) is 5.36. The number of hydrogen-bond acceptors (Lipinski definition) is 5. The summed E-state index contributed by atoms with van der Waals surface area (Å²) in [6, 6.07) is 5.04. The number of furan rings is 1. The van der Waals surface area contributed by atoms with Gasteiger partial charge in [0.05, 0.1) is 12.6 Å². The zero-order valence-corrected chi connectivity index (χ0v) is 17.6. The molecule has 0 radical (unpaired) electrons. The zero-order chi connectivity index (χ0) is 19.2. The van der Waals surface area contributed by atoms with E-state index in [1.807, 2.05) is 6.07 Å². The van der Waals surface area contributed by atoms with Gasteiger partial charge in [-0.2, -0.15) is 0 Å². The molecular weight excluding hydrogens is 352 g/mol. The molecule has 1 aromatic heterocycles. The molecule has 3 fully saturated rings. The van der Waals surface area contributed by atoms with Crippen LogP contribution in [-0.2, 0) is 22.6 Å². The number of likely N-dealkylation sites (tertiary alicyclic amines) is 1. The first-order chi connectivity index (χ1) is 13.8. The highest BCUT2D eigenvalue weighted by molar-refractivity contribution is 5.06. The van der Waals surface area contributed by atoms with E-state index in [1.54, 1.807) is 7.11 Å². The molecule has 3 aliphatic rings. The summed E-state index contributed by atoms with van der Waals surface area (Å²) in [5.41, 5.74) is 0. The largest absolute Gasteiger partial charge is 0.462 e. The van der Waals surface area contributed by atoms with Crippen molar-refractivity contribution in [1.29, 1.82) is 0 Å². The van der Waals surface area contributed by atoms with Gasteiger partial charge in [0.15, 0.2) is 0 Å². The van der Waals surface area contributed by atoms with Crippen molar-refractivity contribution < 1.29 is 13.9 Å². The summed E-state index contributed by atoms with van der Waals surface area (Å²) in [5.74, 6) is 2.76. The molecule has 1 aliphatic carbocycles. The van der Waals surface area contributed by atoms with Crippen molar-refractivity contribution in [2.75, 3.05) is 39.9 Å². The summed E-state index contributed by atoms with van der Waals surface area (Å²) >= 11 is 0. The minimum absolute atomic E-state index is 0.395. The molecule has 3 heterocycles. The topological polar surface area (TPSA) is 38.1 Å². The van der Waals surface area contributed by atoms with Gasteiger partial charge in [-0.15, -0.1) is 0 Å². The van der Waals surface area contributed by atoms with E-state index in [-0.39, 0.29) is 0 Å². The highest BCUT2D eigenvalue weighted by Gasteiger charge is 2.29. The van der Waals surface area contributed by atoms with E-state index in [2.05, 4.69) is 15.9 Å². The predicted molar refractivity (Wildman–Crippen MR) is 110 cm³/mol. The molecule has 1 atom stereocenters. The van der Waals surface area contributed by atoms with E-state index in [4.69, 9.17) is 13.9 Å². The van der Waals surface area contributed by atoms with Crippen LogP contribution in [0.1, 0.15) is 62.9 Å². The number of methoxy groups -OCH3 is 1. The Morgan fingerprint density at radius 1 is 1.00 bits per heavy atom. The second kappa shape index (κ2) is 10.2. The van der Waals surface area contributed by atoms with Crippen molar-refractivity contribution in [3.63, 3.8) is 0 Å². The van der Waals surface area contributed by atoms with Crippen LogP contribution in [0.15, 0.2) is 16.5 Å². The van der Waals surface area contributed by atoms with Gasteiger partial charge in [0.1, 0.15) is 18.1 Å². The lowest BCUT2D eigenvalue weighted by Gasteiger charge is -2.38. The lowest BCUT2D eigenvalue weighted by molar-refractivity contribution is 0.0510. The van der Waals surface area contributed by atoms with Gasteiger partial charge >= 0.3 is 0 Å². The first kappa shape index (κ1) is 20.4. The summed E-state index contributed by atoms with van der Waals surface area (Å²) in [6.45, 7) is 7.14. The van der Waals surface area contributed by atoms with E-state index in [9.17, 15) is 0 Å².